The number of nitrogens with zero attached hydrogens (tertiary/aromatic N) is 2. The van der Waals surface area contributed by atoms with Crippen molar-refractivity contribution in [1.29, 1.82) is 0 Å². The van der Waals surface area contributed by atoms with Crippen molar-refractivity contribution in [3.8, 4) is 17.1 Å². The summed E-state index contributed by atoms with van der Waals surface area (Å²) in [5, 5.41) is 4.35. The summed E-state index contributed by atoms with van der Waals surface area (Å²) in [7, 11) is 1.66. The van der Waals surface area contributed by atoms with Crippen LogP contribution in [0.25, 0.3) is 22.3 Å². The number of nitrogens with one attached hydrogen (secondary N) is 1. The number of fused-ring (bicyclic) bond motifs is 1. The maximum Gasteiger partial charge on any atom is 0.162 e. The molecule has 0 aliphatic carbocycles. The summed E-state index contributed by atoms with van der Waals surface area (Å²) in [6, 6.07) is 15.8. The van der Waals surface area contributed by atoms with Gasteiger partial charge < -0.3 is 10.1 Å². The molecule has 1 N–H and O–H groups in total. The van der Waals surface area contributed by atoms with Crippen LogP contribution in [0.2, 0.25) is 0 Å². The molecule has 0 spiro atoms. The van der Waals surface area contributed by atoms with Gasteiger partial charge in [0.1, 0.15) is 11.6 Å². The van der Waals surface area contributed by atoms with Crippen LogP contribution in [0.1, 0.15) is 6.92 Å². The molecule has 0 unspecified atom stereocenters. The van der Waals surface area contributed by atoms with Crippen molar-refractivity contribution in [3.05, 3.63) is 48.5 Å². The number of methoxy groups -OCH3 is 1. The Morgan fingerprint density at radius 3 is 2.48 bits per heavy atom. The van der Waals surface area contributed by atoms with Gasteiger partial charge in [-0.15, -0.1) is 0 Å². The van der Waals surface area contributed by atoms with Gasteiger partial charge in [0.2, 0.25) is 0 Å². The highest BCUT2D eigenvalue weighted by Gasteiger charge is 2.08. The van der Waals surface area contributed by atoms with E-state index in [-0.39, 0.29) is 0 Å². The van der Waals surface area contributed by atoms with Crippen LogP contribution in [0.5, 0.6) is 5.75 Å². The van der Waals surface area contributed by atoms with Gasteiger partial charge in [0, 0.05) is 17.5 Å². The second kappa shape index (κ2) is 5.79. The number of hydrogen-bond donors (Lipinski definition) is 1. The summed E-state index contributed by atoms with van der Waals surface area (Å²) in [6.45, 7) is 2.88. The van der Waals surface area contributed by atoms with E-state index in [9.17, 15) is 0 Å². The van der Waals surface area contributed by atoms with Gasteiger partial charge >= 0.3 is 0 Å². The van der Waals surface area contributed by atoms with Crippen molar-refractivity contribution in [3.63, 3.8) is 0 Å². The monoisotopic (exact) mass is 279 g/mol. The van der Waals surface area contributed by atoms with Crippen LogP contribution in [0.4, 0.5) is 5.82 Å². The molecule has 0 radical (unpaired) electrons. The lowest BCUT2D eigenvalue weighted by molar-refractivity contribution is 0.415. The third kappa shape index (κ3) is 2.65. The zero-order chi connectivity index (χ0) is 14.7. The summed E-state index contributed by atoms with van der Waals surface area (Å²) in [4.78, 5) is 9.31. The molecule has 4 nitrogen and oxygen atoms in total. The predicted octanol–water partition coefficient (Wildman–Crippen LogP) is 3.74. The Hall–Kier alpha value is -2.62. The quantitative estimate of drug-likeness (QED) is 0.790. The Morgan fingerprint density at radius 2 is 1.76 bits per heavy atom. The molecule has 3 aromatic rings. The first-order chi connectivity index (χ1) is 10.3. The van der Waals surface area contributed by atoms with E-state index in [4.69, 9.17) is 4.74 Å². The van der Waals surface area contributed by atoms with E-state index in [1.54, 1.807) is 7.11 Å². The number of ether oxygens (including phenoxy) is 1. The normalized spacial score (nSPS) is 10.6. The Bertz CT molecular complexity index is 754. The van der Waals surface area contributed by atoms with Crippen molar-refractivity contribution >= 4 is 16.7 Å². The number of benzene rings is 2. The fourth-order valence-corrected chi connectivity index (χ4v) is 2.25. The zero-order valence-electron chi connectivity index (χ0n) is 12.1. The average Bonchev–Trinajstić information content (AvgIpc) is 2.55. The summed E-state index contributed by atoms with van der Waals surface area (Å²) >= 11 is 0. The van der Waals surface area contributed by atoms with Crippen molar-refractivity contribution in [1.82, 2.24) is 9.97 Å². The molecule has 0 saturated carbocycles. The number of rotatable bonds is 4. The van der Waals surface area contributed by atoms with E-state index >= 15 is 0 Å². The Morgan fingerprint density at radius 1 is 1.00 bits per heavy atom. The van der Waals surface area contributed by atoms with Gasteiger partial charge in [-0.05, 0) is 43.3 Å². The summed E-state index contributed by atoms with van der Waals surface area (Å²) in [6.07, 6.45) is 0. The minimum Gasteiger partial charge on any atom is -0.497 e. The summed E-state index contributed by atoms with van der Waals surface area (Å²) in [5.74, 6) is 2.41. The van der Waals surface area contributed by atoms with Gasteiger partial charge in [-0.3, -0.25) is 0 Å². The Balaban J connectivity index is 2.13. The van der Waals surface area contributed by atoms with E-state index in [1.807, 2.05) is 48.5 Å². The van der Waals surface area contributed by atoms with E-state index in [0.29, 0.717) is 5.82 Å². The SMILES string of the molecule is CCNc1nc(-c2ccc(OC)cc2)nc2ccccc12. The topological polar surface area (TPSA) is 47.0 Å². The molecule has 0 fully saturated rings. The molecule has 2 aromatic carbocycles. The van der Waals surface area contributed by atoms with Crippen molar-refractivity contribution < 1.29 is 4.74 Å². The van der Waals surface area contributed by atoms with E-state index in [1.165, 1.54) is 0 Å². The molecule has 0 atom stereocenters. The lowest BCUT2D eigenvalue weighted by atomic mass is 10.1. The van der Waals surface area contributed by atoms with Crippen LogP contribution in [0.3, 0.4) is 0 Å². The summed E-state index contributed by atoms with van der Waals surface area (Å²) < 4.78 is 5.18. The minimum atomic E-state index is 0.715. The fraction of sp³-hybridized carbons (Fsp3) is 0.176. The molecule has 106 valence electrons. The lowest BCUT2D eigenvalue weighted by Gasteiger charge is -2.09. The molecule has 1 aromatic heterocycles. The largest absolute Gasteiger partial charge is 0.497 e. The number of anilines is 1. The van der Waals surface area contributed by atoms with E-state index in [2.05, 4.69) is 22.2 Å². The molecule has 1 heterocycles. The highest BCUT2D eigenvalue weighted by Crippen LogP contribution is 2.25. The maximum atomic E-state index is 5.18. The smallest absolute Gasteiger partial charge is 0.162 e. The number of aromatic nitrogens is 2. The van der Waals surface area contributed by atoms with Gasteiger partial charge in [-0.1, -0.05) is 12.1 Å². The first-order valence-electron chi connectivity index (χ1n) is 6.97. The molecular weight excluding hydrogens is 262 g/mol. The Kier molecular flexibility index (Phi) is 3.69. The molecule has 4 heteroatoms. The standard InChI is InChI=1S/C17H17N3O/c1-3-18-17-14-6-4-5-7-15(14)19-16(20-17)12-8-10-13(21-2)11-9-12/h4-11H,3H2,1-2H3,(H,18,19,20). The lowest BCUT2D eigenvalue weighted by Crippen LogP contribution is -2.02. The molecule has 21 heavy (non-hydrogen) atoms. The first kappa shape index (κ1) is 13.4. The van der Waals surface area contributed by atoms with Gasteiger partial charge in [-0.2, -0.15) is 0 Å². The molecule has 0 aliphatic rings. The number of para-hydroxylation sites is 1. The highest BCUT2D eigenvalue weighted by molar-refractivity contribution is 5.90. The molecule has 0 saturated heterocycles. The van der Waals surface area contributed by atoms with Crippen molar-refractivity contribution in [2.75, 3.05) is 19.0 Å². The van der Waals surface area contributed by atoms with Crippen molar-refractivity contribution in [2.45, 2.75) is 6.92 Å². The third-order valence-corrected chi connectivity index (χ3v) is 3.30. The van der Waals surface area contributed by atoms with Crippen molar-refractivity contribution in [2.24, 2.45) is 0 Å². The van der Waals surface area contributed by atoms with Crippen LogP contribution in [0, 0.1) is 0 Å². The highest BCUT2D eigenvalue weighted by atomic mass is 16.5. The third-order valence-electron chi connectivity index (χ3n) is 3.30. The second-order valence-corrected chi connectivity index (χ2v) is 4.67. The number of hydrogen-bond acceptors (Lipinski definition) is 4. The van der Waals surface area contributed by atoms with E-state index < -0.39 is 0 Å². The van der Waals surface area contributed by atoms with Crippen LogP contribution < -0.4 is 10.1 Å². The maximum absolute atomic E-state index is 5.18. The van der Waals surface area contributed by atoms with Gasteiger partial charge in [0.25, 0.3) is 0 Å². The summed E-state index contributed by atoms with van der Waals surface area (Å²) in [5.41, 5.74) is 1.91. The van der Waals surface area contributed by atoms with Gasteiger partial charge in [-0.25, -0.2) is 9.97 Å². The average molecular weight is 279 g/mol. The second-order valence-electron chi connectivity index (χ2n) is 4.67. The molecule has 3 rings (SSSR count). The van der Waals surface area contributed by atoms with Gasteiger partial charge in [0.15, 0.2) is 5.82 Å². The molecule has 0 amide bonds. The minimum absolute atomic E-state index is 0.715. The molecule has 0 aliphatic heterocycles. The zero-order valence-corrected chi connectivity index (χ0v) is 12.1. The van der Waals surface area contributed by atoms with Crippen LogP contribution in [0.15, 0.2) is 48.5 Å². The van der Waals surface area contributed by atoms with Crippen LogP contribution in [-0.2, 0) is 0 Å². The predicted molar refractivity (Wildman–Crippen MR) is 85.7 cm³/mol. The first-order valence-corrected chi connectivity index (χ1v) is 6.97. The Labute approximate surface area is 123 Å². The van der Waals surface area contributed by atoms with Gasteiger partial charge in [0.05, 0.1) is 12.6 Å². The van der Waals surface area contributed by atoms with E-state index in [0.717, 1.165) is 34.6 Å². The van der Waals surface area contributed by atoms with Crippen LogP contribution in [-0.4, -0.2) is 23.6 Å². The van der Waals surface area contributed by atoms with Crippen LogP contribution >= 0.6 is 0 Å². The molecule has 0 bridgehead atoms. The fourth-order valence-electron chi connectivity index (χ4n) is 2.25. The molecular formula is C17H17N3O.